The molecule has 120 valence electrons. The minimum atomic E-state index is -0.625. The SMILES string of the molecule is CCOC(=O)Cc1csc(NC(=O)[C@@H](N)C(C)(C)C)n1.Cl. The number of aromatic nitrogens is 1. The van der Waals surface area contributed by atoms with E-state index in [-0.39, 0.29) is 36.1 Å². The number of amides is 1. The third-order valence-corrected chi connectivity index (χ3v) is 3.43. The zero-order valence-electron chi connectivity index (χ0n) is 12.6. The van der Waals surface area contributed by atoms with Gasteiger partial charge in [-0.1, -0.05) is 20.8 Å². The Bertz CT molecular complexity index is 485. The standard InChI is InChI=1S/C13H21N3O3S.ClH/c1-5-19-9(17)6-8-7-20-12(15-8)16-11(18)10(14)13(2,3)4;/h7,10H,5-6,14H2,1-4H3,(H,15,16,18);1H/t10-;/m1./s1. The van der Waals surface area contributed by atoms with Crippen LogP contribution in [-0.4, -0.2) is 29.5 Å². The average Bonchev–Trinajstić information content (AvgIpc) is 2.74. The number of esters is 1. The summed E-state index contributed by atoms with van der Waals surface area (Å²) in [6, 6.07) is -0.625. The predicted octanol–water partition coefficient (Wildman–Crippen LogP) is 1.98. The van der Waals surface area contributed by atoms with Gasteiger partial charge in [0.1, 0.15) is 0 Å². The summed E-state index contributed by atoms with van der Waals surface area (Å²) in [5.74, 6) is -0.614. The number of thiazole rings is 1. The molecule has 0 aliphatic heterocycles. The van der Waals surface area contributed by atoms with E-state index in [1.54, 1.807) is 12.3 Å². The molecule has 0 aliphatic rings. The molecule has 3 N–H and O–H groups in total. The Morgan fingerprint density at radius 3 is 2.62 bits per heavy atom. The van der Waals surface area contributed by atoms with Crippen molar-refractivity contribution in [3.63, 3.8) is 0 Å². The molecule has 0 spiro atoms. The number of carbonyl (C=O) groups is 2. The number of carbonyl (C=O) groups excluding carboxylic acids is 2. The van der Waals surface area contributed by atoms with Crippen LogP contribution in [0.25, 0.3) is 0 Å². The van der Waals surface area contributed by atoms with Gasteiger partial charge in [0.25, 0.3) is 0 Å². The van der Waals surface area contributed by atoms with Crippen LogP contribution in [0.2, 0.25) is 0 Å². The third kappa shape index (κ3) is 6.41. The molecule has 0 unspecified atom stereocenters. The van der Waals surface area contributed by atoms with Gasteiger partial charge < -0.3 is 15.8 Å². The van der Waals surface area contributed by atoms with Crippen molar-refractivity contribution >= 4 is 40.8 Å². The van der Waals surface area contributed by atoms with Crippen LogP contribution < -0.4 is 11.1 Å². The summed E-state index contributed by atoms with van der Waals surface area (Å²) >= 11 is 1.26. The number of nitrogens with one attached hydrogen (secondary N) is 1. The number of hydrogen-bond donors (Lipinski definition) is 2. The fourth-order valence-electron chi connectivity index (χ4n) is 1.38. The maximum Gasteiger partial charge on any atom is 0.311 e. The molecule has 1 aromatic rings. The van der Waals surface area contributed by atoms with Gasteiger partial charge in [-0.3, -0.25) is 9.59 Å². The van der Waals surface area contributed by atoms with Crippen LogP contribution >= 0.6 is 23.7 Å². The van der Waals surface area contributed by atoms with E-state index in [1.165, 1.54) is 11.3 Å². The molecule has 6 nitrogen and oxygen atoms in total. The van der Waals surface area contributed by atoms with Crippen LogP contribution in [0.3, 0.4) is 0 Å². The molecule has 1 heterocycles. The van der Waals surface area contributed by atoms with Crippen molar-refractivity contribution in [3.05, 3.63) is 11.1 Å². The second kappa shape index (κ2) is 8.31. The molecule has 8 heteroatoms. The van der Waals surface area contributed by atoms with Crippen LogP contribution in [-0.2, 0) is 20.7 Å². The van der Waals surface area contributed by atoms with Crippen molar-refractivity contribution < 1.29 is 14.3 Å². The van der Waals surface area contributed by atoms with Gasteiger partial charge in [0, 0.05) is 5.38 Å². The van der Waals surface area contributed by atoms with Gasteiger partial charge in [0.2, 0.25) is 5.91 Å². The second-order valence-corrected chi connectivity index (χ2v) is 6.32. The largest absolute Gasteiger partial charge is 0.466 e. The topological polar surface area (TPSA) is 94.3 Å². The highest BCUT2D eigenvalue weighted by molar-refractivity contribution is 7.13. The van der Waals surface area contributed by atoms with Crippen LogP contribution in [0, 0.1) is 5.41 Å². The van der Waals surface area contributed by atoms with Gasteiger partial charge in [-0.25, -0.2) is 4.98 Å². The number of anilines is 1. The number of nitrogens with zero attached hydrogens (tertiary/aromatic N) is 1. The maximum absolute atomic E-state index is 11.9. The minimum absolute atomic E-state index is 0. The first-order chi connectivity index (χ1) is 9.24. The van der Waals surface area contributed by atoms with Crippen molar-refractivity contribution in [1.29, 1.82) is 0 Å². The molecule has 0 bridgehead atoms. The highest BCUT2D eigenvalue weighted by Crippen LogP contribution is 2.21. The summed E-state index contributed by atoms with van der Waals surface area (Å²) in [6.45, 7) is 7.77. The van der Waals surface area contributed by atoms with E-state index >= 15 is 0 Å². The van der Waals surface area contributed by atoms with Crippen molar-refractivity contribution in [2.45, 2.75) is 40.2 Å². The Balaban J connectivity index is 0.00000400. The molecular formula is C13H22ClN3O3S. The molecule has 1 atom stereocenters. The molecule has 0 aromatic carbocycles. The Labute approximate surface area is 134 Å². The first-order valence-electron chi connectivity index (χ1n) is 6.40. The Morgan fingerprint density at radius 1 is 1.48 bits per heavy atom. The first kappa shape index (κ1) is 19.8. The summed E-state index contributed by atoms with van der Waals surface area (Å²) < 4.78 is 4.84. The van der Waals surface area contributed by atoms with Gasteiger partial charge in [-0.15, -0.1) is 23.7 Å². The van der Waals surface area contributed by atoms with E-state index in [9.17, 15) is 9.59 Å². The van der Waals surface area contributed by atoms with Crippen LogP contribution in [0.4, 0.5) is 5.13 Å². The minimum Gasteiger partial charge on any atom is -0.466 e. The third-order valence-electron chi connectivity index (χ3n) is 2.63. The molecule has 0 saturated carbocycles. The highest BCUT2D eigenvalue weighted by Gasteiger charge is 2.28. The summed E-state index contributed by atoms with van der Waals surface area (Å²) in [6.07, 6.45) is 0.103. The number of rotatable bonds is 5. The molecule has 21 heavy (non-hydrogen) atoms. The van der Waals surface area contributed by atoms with Gasteiger partial charge in [-0.2, -0.15) is 0 Å². The van der Waals surface area contributed by atoms with Crippen molar-refractivity contribution in [1.82, 2.24) is 4.98 Å². The van der Waals surface area contributed by atoms with Crippen molar-refractivity contribution in [2.75, 3.05) is 11.9 Å². The molecule has 0 saturated heterocycles. The fourth-order valence-corrected chi connectivity index (χ4v) is 2.10. The molecule has 1 rings (SSSR count). The lowest BCUT2D eigenvalue weighted by Crippen LogP contribution is -2.45. The van der Waals surface area contributed by atoms with Crippen molar-refractivity contribution in [3.8, 4) is 0 Å². The highest BCUT2D eigenvalue weighted by atomic mass is 35.5. The quantitative estimate of drug-likeness (QED) is 0.802. The molecule has 1 amide bonds. The Hall–Kier alpha value is -1.18. The molecule has 0 aliphatic carbocycles. The predicted molar refractivity (Wildman–Crippen MR) is 85.8 cm³/mol. The zero-order chi connectivity index (χ0) is 15.3. The number of ether oxygens (including phenoxy) is 1. The van der Waals surface area contributed by atoms with Gasteiger partial charge in [0.15, 0.2) is 5.13 Å². The summed E-state index contributed by atoms with van der Waals surface area (Å²) in [5.41, 5.74) is 6.11. The number of halogens is 1. The monoisotopic (exact) mass is 335 g/mol. The second-order valence-electron chi connectivity index (χ2n) is 5.46. The van der Waals surface area contributed by atoms with Crippen LogP contribution in [0.1, 0.15) is 33.4 Å². The van der Waals surface area contributed by atoms with E-state index in [2.05, 4.69) is 10.3 Å². The summed E-state index contributed by atoms with van der Waals surface area (Å²) in [5, 5.41) is 4.82. The van der Waals surface area contributed by atoms with Crippen LogP contribution in [0.15, 0.2) is 5.38 Å². The number of hydrogen-bond acceptors (Lipinski definition) is 6. The van der Waals surface area contributed by atoms with Crippen molar-refractivity contribution in [2.24, 2.45) is 11.1 Å². The molecule has 0 fully saturated rings. The van der Waals surface area contributed by atoms with Crippen LogP contribution in [0.5, 0.6) is 0 Å². The molecular weight excluding hydrogens is 314 g/mol. The van der Waals surface area contributed by atoms with E-state index in [4.69, 9.17) is 10.5 Å². The maximum atomic E-state index is 11.9. The van der Waals surface area contributed by atoms with Gasteiger partial charge >= 0.3 is 5.97 Å². The smallest absolute Gasteiger partial charge is 0.311 e. The molecule has 0 radical (unpaired) electrons. The van der Waals surface area contributed by atoms with E-state index in [0.717, 1.165) is 0 Å². The Kier molecular flexibility index (Phi) is 7.84. The van der Waals surface area contributed by atoms with E-state index in [0.29, 0.717) is 17.4 Å². The summed E-state index contributed by atoms with van der Waals surface area (Å²) in [7, 11) is 0. The summed E-state index contributed by atoms with van der Waals surface area (Å²) in [4.78, 5) is 27.4. The zero-order valence-corrected chi connectivity index (χ0v) is 14.3. The lowest BCUT2D eigenvalue weighted by atomic mass is 9.87. The van der Waals surface area contributed by atoms with E-state index in [1.807, 2.05) is 20.8 Å². The first-order valence-corrected chi connectivity index (χ1v) is 7.28. The molecule has 1 aromatic heterocycles. The number of nitrogens with two attached hydrogens (primary N) is 1. The Morgan fingerprint density at radius 2 is 2.10 bits per heavy atom. The average molecular weight is 336 g/mol. The van der Waals surface area contributed by atoms with Gasteiger partial charge in [0.05, 0.1) is 24.8 Å². The lowest BCUT2D eigenvalue weighted by molar-refractivity contribution is -0.142. The van der Waals surface area contributed by atoms with E-state index < -0.39 is 6.04 Å². The lowest BCUT2D eigenvalue weighted by Gasteiger charge is -2.25. The normalized spacial score (nSPS) is 12.2. The fraction of sp³-hybridized carbons (Fsp3) is 0.615. The van der Waals surface area contributed by atoms with Gasteiger partial charge in [-0.05, 0) is 12.3 Å².